The lowest BCUT2D eigenvalue weighted by molar-refractivity contribution is -0.136. The summed E-state index contributed by atoms with van der Waals surface area (Å²) in [6, 6.07) is 21.7. The predicted octanol–water partition coefficient (Wildman–Crippen LogP) is -0.599. The Morgan fingerprint density at radius 1 is 0.602 bits per heavy atom. The minimum Gasteiger partial charge on any atom is -0.497 e. The summed E-state index contributed by atoms with van der Waals surface area (Å²) < 4.78 is 28.2. The van der Waals surface area contributed by atoms with Crippen LogP contribution in [-0.4, -0.2) is 206 Å². The molecule has 4 aromatic rings. The number of Topliss-reactive ketones (excluding diaryl/α,β-unsaturated/α-hetero) is 2. The number of rotatable bonds is 30. The van der Waals surface area contributed by atoms with Crippen molar-refractivity contribution in [3.05, 3.63) is 132 Å². The van der Waals surface area contributed by atoms with Crippen molar-refractivity contribution in [3.63, 3.8) is 0 Å². The number of morpholine rings is 2. The molecule has 6 amide bonds. The first-order chi connectivity index (χ1) is 40.0. The lowest BCUT2D eigenvalue weighted by Crippen LogP contribution is -2.59. The van der Waals surface area contributed by atoms with E-state index >= 15 is 0 Å². The second-order valence-electron chi connectivity index (χ2n) is 21.7. The minimum atomic E-state index is -1.39. The number of nitrogens with zero attached hydrogens (tertiary/aromatic N) is 3. The van der Waals surface area contributed by atoms with Crippen molar-refractivity contribution < 1.29 is 67.1 Å². The molecular formula is C60H75N9O14. The van der Waals surface area contributed by atoms with Crippen molar-refractivity contribution in [3.8, 4) is 5.75 Å². The topological polar surface area (TPSA) is 301 Å². The van der Waals surface area contributed by atoms with Crippen molar-refractivity contribution in [1.29, 1.82) is 0 Å². The molecule has 4 aliphatic rings. The van der Waals surface area contributed by atoms with Crippen LogP contribution in [-0.2, 0) is 83.0 Å². The first-order valence-electron chi connectivity index (χ1n) is 28.0. The Balaban J connectivity index is 0.892. The summed E-state index contributed by atoms with van der Waals surface area (Å²) in [6.45, 7) is 5.29. The molecule has 3 aromatic carbocycles. The van der Waals surface area contributed by atoms with E-state index in [-0.39, 0.29) is 77.3 Å². The fraction of sp³-hybridized carbons (Fsp3) is 0.483. The van der Waals surface area contributed by atoms with Crippen LogP contribution >= 0.6 is 0 Å². The summed E-state index contributed by atoms with van der Waals surface area (Å²) in [5, 5.41) is 26.9. The number of benzene rings is 3. The summed E-state index contributed by atoms with van der Waals surface area (Å²) in [6.07, 6.45) is 2.94. The van der Waals surface area contributed by atoms with Crippen molar-refractivity contribution >= 4 is 47.0 Å². The van der Waals surface area contributed by atoms with Gasteiger partial charge in [-0.05, 0) is 67.1 Å². The van der Waals surface area contributed by atoms with Crippen LogP contribution in [0.25, 0.3) is 0 Å². The van der Waals surface area contributed by atoms with Crippen molar-refractivity contribution in [2.75, 3.05) is 86.0 Å². The molecule has 0 radical (unpaired) electrons. The summed E-state index contributed by atoms with van der Waals surface area (Å²) >= 11 is 0. The van der Waals surface area contributed by atoms with Gasteiger partial charge in [-0.2, -0.15) is 0 Å². The van der Waals surface area contributed by atoms with Gasteiger partial charge in [0, 0.05) is 57.8 Å². The Morgan fingerprint density at radius 3 is 1.67 bits per heavy atom. The first-order valence-corrected chi connectivity index (χ1v) is 28.0. The Bertz CT molecular complexity index is 2850. The van der Waals surface area contributed by atoms with Crippen LogP contribution in [0.4, 0.5) is 0 Å². The highest BCUT2D eigenvalue weighted by Gasteiger charge is 2.56. The second kappa shape index (κ2) is 29.1. The predicted molar refractivity (Wildman–Crippen MR) is 300 cm³/mol. The molecule has 444 valence electrons. The Hall–Kier alpha value is -7.51. The van der Waals surface area contributed by atoms with Crippen LogP contribution < -0.4 is 36.6 Å². The number of hydrogen-bond donors (Lipinski definition) is 7. The van der Waals surface area contributed by atoms with Gasteiger partial charge in [0.2, 0.25) is 35.4 Å². The van der Waals surface area contributed by atoms with Crippen molar-refractivity contribution in [2.24, 2.45) is 0 Å². The van der Waals surface area contributed by atoms with Gasteiger partial charge in [0.05, 0.1) is 78.0 Å². The third-order valence-corrected chi connectivity index (χ3v) is 15.1. The van der Waals surface area contributed by atoms with Gasteiger partial charge in [0.25, 0.3) is 0 Å². The number of amides is 6. The number of nitrogens with one attached hydrogen (secondary N) is 6. The molecule has 1 aromatic heterocycles. The van der Waals surface area contributed by atoms with Crippen LogP contribution in [0.3, 0.4) is 0 Å². The zero-order valence-electron chi connectivity index (χ0n) is 47.1. The number of carbonyl (C=O) groups excluding carboxylic acids is 8. The summed E-state index contributed by atoms with van der Waals surface area (Å²) in [7, 11) is 1.52. The molecule has 0 aliphatic carbocycles. The summed E-state index contributed by atoms with van der Waals surface area (Å²) in [5.41, 5.74) is 0.457. The smallest absolute Gasteiger partial charge is 0.245 e. The molecule has 23 heteroatoms. The number of hydrogen-bond acceptors (Lipinski definition) is 17. The van der Waals surface area contributed by atoms with E-state index in [1.165, 1.54) is 14.0 Å². The average molecular weight is 1150 g/mol. The van der Waals surface area contributed by atoms with Crippen LogP contribution in [0.5, 0.6) is 5.75 Å². The van der Waals surface area contributed by atoms with Crippen molar-refractivity contribution in [1.82, 2.24) is 46.7 Å². The largest absolute Gasteiger partial charge is 0.497 e. The average Bonchev–Trinajstić information content (AvgIpc) is 3.65. The zero-order chi connectivity index (χ0) is 58.9. The lowest BCUT2D eigenvalue weighted by Gasteiger charge is -2.34. The molecular weight excluding hydrogens is 1070 g/mol. The van der Waals surface area contributed by atoms with E-state index < -0.39 is 101 Å². The number of aliphatic hydroxyl groups excluding tert-OH is 1. The first kappa shape index (κ1) is 61.6. The van der Waals surface area contributed by atoms with E-state index in [4.69, 9.17) is 23.7 Å². The molecule has 1 unspecified atom stereocenters. The third-order valence-electron chi connectivity index (χ3n) is 15.1. The maximum atomic E-state index is 14.9. The van der Waals surface area contributed by atoms with Gasteiger partial charge in [-0.1, -0.05) is 78.9 Å². The van der Waals surface area contributed by atoms with E-state index in [9.17, 15) is 43.5 Å². The van der Waals surface area contributed by atoms with E-state index in [1.54, 1.807) is 55.7 Å². The van der Waals surface area contributed by atoms with Crippen LogP contribution in [0.2, 0.25) is 0 Å². The molecule has 9 atom stereocenters. The Kier molecular flexibility index (Phi) is 21.6. The van der Waals surface area contributed by atoms with Crippen molar-refractivity contribution in [2.45, 2.75) is 99.5 Å². The monoisotopic (exact) mass is 1150 g/mol. The van der Waals surface area contributed by atoms with E-state index in [2.05, 4.69) is 36.9 Å². The molecule has 5 heterocycles. The number of ether oxygens (including phenoxy) is 5. The minimum absolute atomic E-state index is 0.0196. The molecule has 4 aliphatic heterocycles. The van der Waals surface area contributed by atoms with Crippen LogP contribution in [0.1, 0.15) is 42.5 Å². The van der Waals surface area contributed by atoms with Gasteiger partial charge in [0.15, 0.2) is 17.2 Å². The second-order valence-corrected chi connectivity index (χ2v) is 21.7. The SMILES string of the molecule is COc1ccc(C[C@H](NC(=O)[C@H](CO)NC(=O)CN2CCOCC2)C(=O)N[C@@H](Cc2ccccc2)C(=O)[C@@]2(CC3CN(CC(=O)N[C@@H](C)C(=O)N[C@@H](Cc4cccnc4)C(=O)N[C@@H](Cc4ccccc4)C(=O)[C@@]4(C)CO4)CCO3)CO2)cc1. The number of aromatic nitrogens is 1. The lowest BCUT2D eigenvalue weighted by atomic mass is 9.89. The van der Waals surface area contributed by atoms with Crippen LogP contribution in [0.15, 0.2) is 109 Å². The highest BCUT2D eigenvalue weighted by molar-refractivity contribution is 6.00. The number of carbonyl (C=O) groups is 8. The number of methoxy groups -OCH3 is 1. The summed E-state index contributed by atoms with van der Waals surface area (Å²) in [5.74, 6) is -3.86. The van der Waals surface area contributed by atoms with Gasteiger partial charge in [-0.3, -0.25) is 53.1 Å². The molecule has 83 heavy (non-hydrogen) atoms. The molecule has 23 nitrogen and oxygen atoms in total. The Morgan fingerprint density at radius 2 is 1.11 bits per heavy atom. The maximum Gasteiger partial charge on any atom is 0.245 e. The van der Waals surface area contributed by atoms with Crippen LogP contribution in [0, 0.1) is 0 Å². The van der Waals surface area contributed by atoms with E-state index in [0.29, 0.717) is 49.7 Å². The quantitative estimate of drug-likeness (QED) is 0.0321. The van der Waals surface area contributed by atoms with E-state index in [1.807, 2.05) is 70.5 Å². The van der Waals surface area contributed by atoms with Gasteiger partial charge in [-0.25, -0.2) is 0 Å². The maximum absolute atomic E-state index is 14.9. The summed E-state index contributed by atoms with van der Waals surface area (Å²) in [4.78, 5) is 119. The highest BCUT2D eigenvalue weighted by Crippen LogP contribution is 2.37. The molecule has 4 saturated heterocycles. The number of ketones is 2. The molecule has 7 N–H and O–H groups in total. The standard InChI is InChI=1S/C60H75N9O14/c1-39(55(75)66-49(30-43-15-10-20-61-32-43)57(77)64-46(53(73)59(2)37-82-59)27-40-11-6-4-7-12-40)62-51(71)35-69-23-26-81-45(33-69)31-60(38-83-60)54(74)47(28-41-13-8-5-9-14-41)65-56(76)48(29-42-16-18-44(79-3)19-17-42)67-58(78)50(36-70)63-52(72)34-68-21-24-80-25-22-68/h4-20,32,39,45-50,70H,21-31,33-38H2,1-3H3,(H,62,71)(H,63,72)(H,64,77)(H,65,76)(H,66,75)(H,67,78)/t39-,45?,46-,47-,48-,49-,50-,59+,60+/m0/s1. The third kappa shape index (κ3) is 18.0. The van der Waals surface area contributed by atoms with Gasteiger partial charge in [0.1, 0.15) is 35.5 Å². The van der Waals surface area contributed by atoms with Gasteiger partial charge in [-0.15, -0.1) is 0 Å². The molecule has 8 rings (SSSR count). The van der Waals surface area contributed by atoms with E-state index in [0.717, 1.165) is 11.1 Å². The number of epoxide rings is 2. The normalized spacial score (nSPS) is 21.7. The van der Waals surface area contributed by atoms with Gasteiger partial charge < -0.3 is 60.7 Å². The number of pyridine rings is 1. The molecule has 4 fully saturated rings. The fourth-order valence-corrected chi connectivity index (χ4v) is 10.2. The number of aliphatic hydroxyl groups is 1. The Labute approximate surface area is 482 Å². The molecule has 0 saturated carbocycles. The molecule has 0 bridgehead atoms. The highest BCUT2D eigenvalue weighted by atomic mass is 16.6. The zero-order valence-corrected chi connectivity index (χ0v) is 47.1. The molecule has 0 spiro atoms. The van der Waals surface area contributed by atoms with Gasteiger partial charge >= 0.3 is 0 Å². The fourth-order valence-electron chi connectivity index (χ4n) is 10.2.